The Hall–Kier alpha value is -1.56. The fraction of sp³-hybridized carbons (Fsp3) is 0.778. The lowest BCUT2D eigenvalue weighted by atomic mass is 10.1. The van der Waals surface area contributed by atoms with E-state index in [1.807, 2.05) is 0 Å². The van der Waals surface area contributed by atoms with E-state index >= 15 is 0 Å². The van der Waals surface area contributed by atoms with Gasteiger partial charge in [-0.2, -0.15) is 0 Å². The molecule has 0 bridgehead atoms. The van der Waals surface area contributed by atoms with E-state index in [1.54, 1.807) is 14.0 Å². The predicted octanol–water partition coefficient (Wildman–Crippen LogP) is -1.18. The van der Waals surface area contributed by atoms with Gasteiger partial charge < -0.3 is 29.2 Å². The summed E-state index contributed by atoms with van der Waals surface area (Å²) in [5.74, 6) is -0.413. The van der Waals surface area contributed by atoms with Crippen LogP contribution in [0.1, 0.15) is 18.0 Å². The van der Waals surface area contributed by atoms with Gasteiger partial charge in [0.1, 0.15) is 6.10 Å². The zero-order valence-corrected chi connectivity index (χ0v) is 16.3. The molecule has 1 heterocycles. The molecule has 1 saturated carbocycles. The van der Waals surface area contributed by atoms with Gasteiger partial charge in [0, 0.05) is 31.4 Å². The molecule has 3 N–H and O–H groups in total. The molecule has 28 heavy (non-hydrogen) atoms. The van der Waals surface area contributed by atoms with Crippen LogP contribution < -0.4 is 11.2 Å². The highest BCUT2D eigenvalue weighted by Crippen LogP contribution is 2.36. The van der Waals surface area contributed by atoms with Crippen LogP contribution in [0.3, 0.4) is 0 Å². The monoisotopic (exact) mass is 402 g/mol. The number of ether oxygens (including phenoxy) is 4. The van der Waals surface area contributed by atoms with Crippen LogP contribution in [0, 0.1) is 12.8 Å². The van der Waals surface area contributed by atoms with Crippen molar-refractivity contribution in [2.24, 2.45) is 5.92 Å². The number of hydrogen-bond donors (Lipinski definition) is 3. The Kier molecular flexibility index (Phi) is 9.29. The van der Waals surface area contributed by atoms with Gasteiger partial charge in [-0.15, -0.1) is 0 Å². The normalized spacial score (nSPS) is 24.7. The first-order chi connectivity index (χ1) is 13.5. The number of nitrogens with one attached hydrogen (secondary N) is 1. The summed E-state index contributed by atoms with van der Waals surface area (Å²) in [4.78, 5) is 26.1. The van der Waals surface area contributed by atoms with Crippen molar-refractivity contribution in [2.45, 2.75) is 31.6 Å². The van der Waals surface area contributed by atoms with Gasteiger partial charge >= 0.3 is 5.69 Å². The van der Waals surface area contributed by atoms with E-state index in [0.717, 1.165) is 0 Å². The van der Waals surface area contributed by atoms with Crippen molar-refractivity contribution in [1.82, 2.24) is 9.55 Å². The van der Waals surface area contributed by atoms with Crippen molar-refractivity contribution in [2.75, 3.05) is 53.4 Å². The molecule has 1 aromatic heterocycles. The van der Waals surface area contributed by atoms with Gasteiger partial charge in [-0.25, -0.2) is 4.79 Å². The molecule has 160 valence electrons. The number of methoxy groups -OCH3 is 1. The third kappa shape index (κ3) is 5.97. The van der Waals surface area contributed by atoms with Crippen molar-refractivity contribution < 1.29 is 29.2 Å². The topological polar surface area (TPSA) is 132 Å². The summed E-state index contributed by atoms with van der Waals surface area (Å²) < 4.78 is 22.7. The van der Waals surface area contributed by atoms with Crippen molar-refractivity contribution in [3.8, 4) is 0 Å². The number of aliphatic hydroxyl groups excluding tert-OH is 2. The number of aliphatic hydroxyl groups is 2. The Bertz CT molecular complexity index is 704. The van der Waals surface area contributed by atoms with Gasteiger partial charge in [0.2, 0.25) is 0 Å². The highest BCUT2D eigenvalue weighted by atomic mass is 16.6. The Morgan fingerprint density at radius 3 is 2.43 bits per heavy atom. The standard InChI is InChI=1S/C18H30N2O8/c1-12-10-20(18(24)19-17(12)23)14-9-13(11-21)15(22)16(14)28-8-7-27-6-5-26-4-3-25-2/h10,13-16,21-22H,3-9,11H2,1-2H3,(H,19,23,24)/t13-,14-,15-,16+/m1/s1. The first-order valence-corrected chi connectivity index (χ1v) is 9.36. The average molecular weight is 402 g/mol. The van der Waals surface area contributed by atoms with Crippen LogP contribution in [-0.4, -0.2) is 85.3 Å². The van der Waals surface area contributed by atoms with Gasteiger partial charge in [0.05, 0.1) is 51.8 Å². The van der Waals surface area contributed by atoms with Crippen molar-refractivity contribution in [3.63, 3.8) is 0 Å². The van der Waals surface area contributed by atoms with E-state index in [2.05, 4.69) is 4.98 Å². The van der Waals surface area contributed by atoms with Crippen molar-refractivity contribution in [3.05, 3.63) is 32.6 Å². The molecule has 4 atom stereocenters. The summed E-state index contributed by atoms with van der Waals surface area (Å²) in [5.41, 5.74) is -0.626. The minimum atomic E-state index is -0.925. The number of nitrogens with zero attached hydrogens (tertiary/aromatic N) is 1. The minimum Gasteiger partial charge on any atom is -0.396 e. The maximum atomic E-state index is 12.2. The maximum absolute atomic E-state index is 12.2. The molecule has 1 aliphatic rings. The van der Waals surface area contributed by atoms with Crippen LogP contribution in [-0.2, 0) is 18.9 Å². The summed E-state index contributed by atoms with van der Waals surface area (Å²) >= 11 is 0. The molecule has 0 spiro atoms. The van der Waals surface area contributed by atoms with Crippen molar-refractivity contribution in [1.29, 1.82) is 0 Å². The number of aromatic nitrogens is 2. The van der Waals surface area contributed by atoms with E-state index < -0.39 is 35.4 Å². The molecule has 1 aliphatic carbocycles. The molecule has 0 radical (unpaired) electrons. The van der Waals surface area contributed by atoms with Gasteiger partial charge in [-0.3, -0.25) is 14.3 Å². The fourth-order valence-electron chi connectivity index (χ4n) is 3.28. The van der Waals surface area contributed by atoms with Gasteiger partial charge in [-0.05, 0) is 13.3 Å². The molecule has 1 aromatic rings. The maximum Gasteiger partial charge on any atom is 0.328 e. The first-order valence-electron chi connectivity index (χ1n) is 9.36. The molecule has 2 rings (SSSR count). The largest absolute Gasteiger partial charge is 0.396 e. The SMILES string of the molecule is COCCOCCOCCO[C@@H]1[C@H](O)[C@@H](CO)C[C@H]1n1cc(C)c(=O)[nH]c1=O. The average Bonchev–Trinajstić information content (AvgIpc) is 2.99. The zero-order chi connectivity index (χ0) is 20.5. The highest BCUT2D eigenvalue weighted by Gasteiger charge is 2.44. The Balaban J connectivity index is 1.90. The Morgan fingerprint density at radius 2 is 1.79 bits per heavy atom. The van der Waals surface area contributed by atoms with Crippen LogP contribution in [0.15, 0.2) is 15.8 Å². The quantitative estimate of drug-likeness (QED) is 0.373. The number of hydrogen-bond acceptors (Lipinski definition) is 8. The van der Waals surface area contributed by atoms with Crippen LogP contribution in [0.4, 0.5) is 0 Å². The summed E-state index contributed by atoms with van der Waals surface area (Å²) in [6, 6.07) is -0.493. The van der Waals surface area contributed by atoms with E-state index in [9.17, 15) is 19.8 Å². The lowest BCUT2D eigenvalue weighted by Gasteiger charge is -2.24. The zero-order valence-electron chi connectivity index (χ0n) is 16.3. The van der Waals surface area contributed by atoms with E-state index in [0.29, 0.717) is 45.0 Å². The Labute approximate surface area is 163 Å². The highest BCUT2D eigenvalue weighted by molar-refractivity contribution is 5.05. The second-order valence-electron chi connectivity index (χ2n) is 6.77. The van der Waals surface area contributed by atoms with Crippen LogP contribution in [0.2, 0.25) is 0 Å². The van der Waals surface area contributed by atoms with Gasteiger partial charge in [0.25, 0.3) is 5.56 Å². The molecular weight excluding hydrogens is 372 g/mol. The number of H-pyrrole nitrogens is 1. The molecule has 10 nitrogen and oxygen atoms in total. The van der Waals surface area contributed by atoms with Gasteiger partial charge in [0.15, 0.2) is 0 Å². The molecule has 10 heteroatoms. The van der Waals surface area contributed by atoms with Crippen LogP contribution in [0.5, 0.6) is 0 Å². The van der Waals surface area contributed by atoms with Crippen LogP contribution >= 0.6 is 0 Å². The predicted molar refractivity (Wildman–Crippen MR) is 99.6 cm³/mol. The molecule has 1 fully saturated rings. The van der Waals surface area contributed by atoms with Crippen molar-refractivity contribution >= 4 is 0 Å². The summed E-state index contributed by atoms with van der Waals surface area (Å²) in [6.07, 6.45) is 0.206. The number of aryl methyl sites for hydroxylation is 1. The minimum absolute atomic E-state index is 0.214. The Morgan fingerprint density at radius 1 is 1.14 bits per heavy atom. The smallest absolute Gasteiger partial charge is 0.328 e. The van der Waals surface area contributed by atoms with E-state index in [4.69, 9.17) is 18.9 Å². The van der Waals surface area contributed by atoms with Gasteiger partial charge in [-0.1, -0.05) is 0 Å². The summed E-state index contributed by atoms with van der Waals surface area (Å²) in [5, 5.41) is 20.0. The lowest BCUT2D eigenvalue weighted by Crippen LogP contribution is -2.39. The second kappa shape index (κ2) is 11.4. The van der Waals surface area contributed by atoms with E-state index in [1.165, 1.54) is 10.8 Å². The molecule has 0 amide bonds. The lowest BCUT2D eigenvalue weighted by molar-refractivity contribution is -0.0717. The number of rotatable bonds is 12. The molecule has 0 unspecified atom stereocenters. The van der Waals surface area contributed by atoms with Crippen LogP contribution in [0.25, 0.3) is 0 Å². The summed E-state index contributed by atoms with van der Waals surface area (Å²) in [7, 11) is 1.60. The third-order valence-corrected chi connectivity index (χ3v) is 4.82. The first kappa shape index (κ1) is 22.7. The van der Waals surface area contributed by atoms with E-state index in [-0.39, 0.29) is 13.2 Å². The fourth-order valence-corrected chi connectivity index (χ4v) is 3.28. The molecule has 0 aliphatic heterocycles. The molecule has 0 saturated heterocycles. The second-order valence-corrected chi connectivity index (χ2v) is 6.77. The number of aromatic amines is 1. The molecule has 0 aromatic carbocycles. The molecular formula is C18H30N2O8. The summed E-state index contributed by atoms with van der Waals surface area (Å²) in [6.45, 7) is 3.77. The third-order valence-electron chi connectivity index (χ3n) is 4.82.